The number of anilines is 1. The summed E-state index contributed by atoms with van der Waals surface area (Å²) in [5.74, 6) is -1.41. The number of esters is 1. The van der Waals surface area contributed by atoms with E-state index in [-0.39, 0.29) is 29.9 Å². The van der Waals surface area contributed by atoms with Crippen LogP contribution in [0.1, 0.15) is 23.1 Å². The SMILES string of the molecule is COC(=O)C1=C(O)c2cc(OC)c(OC)cc2N(Cc2ccc(C)c(F)c2)C(=O)C1. The van der Waals surface area contributed by atoms with Crippen molar-refractivity contribution in [1.82, 2.24) is 0 Å². The Morgan fingerprint density at radius 3 is 2.40 bits per heavy atom. The molecule has 1 N–H and O–H groups in total. The lowest BCUT2D eigenvalue weighted by atomic mass is 10.0. The fraction of sp³-hybridized carbons (Fsp3) is 0.273. The molecule has 0 unspecified atom stereocenters. The van der Waals surface area contributed by atoms with E-state index < -0.39 is 17.7 Å². The summed E-state index contributed by atoms with van der Waals surface area (Å²) in [6, 6.07) is 7.70. The molecule has 3 rings (SSSR count). The van der Waals surface area contributed by atoms with Gasteiger partial charge >= 0.3 is 5.97 Å². The van der Waals surface area contributed by atoms with E-state index in [1.54, 1.807) is 19.1 Å². The Hall–Kier alpha value is -3.55. The number of fused-ring (bicyclic) bond motifs is 1. The molecule has 158 valence electrons. The van der Waals surface area contributed by atoms with Gasteiger partial charge in [0.2, 0.25) is 5.91 Å². The monoisotopic (exact) mass is 415 g/mol. The number of carbonyl (C=O) groups excluding carboxylic acids is 2. The second-order valence-electron chi connectivity index (χ2n) is 6.78. The highest BCUT2D eigenvalue weighted by atomic mass is 19.1. The van der Waals surface area contributed by atoms with Crippen LogP contribution in [0.5, 0.6) is 11.5 Å². The van der Waals surface area contributed by atoms with Crippen LogP contribution in [0, 0.1) is 12.7 Å². The molecule has 0 radical (unpaired) electrons. The second kappa shape index (κ2) is 8.44. The third-order valence-electron chi connectivity index (χ3n) is 4.97. The van der Waals surface area contributed by atoms with Gasteiger partial charge in [0, 0.05) is 11.6 Å². The van der Waals surface area contributed by atoms with Crippen LogP contribution in [0.3, 0.4) is 0 Å². The van der Waals surface area contributed by atoms with Crippen molar-refractivity contribution in [3.63, 3.8) is 0 Å². The van der Waals surface area contributed by atoms with Crippen molar-refractivity contribution in [2.75, 3.05) is 26.2 Å². The van der Waals surface area contributed by atoms with Crippen LogP contribution < -0.4 is 14.4 Å². The van der Waals surface area contributed by atoms with Crippen LogP contribution >= 0.6 is 0 Å². The number of hydrogen-bond donors (Lipinski definition) is 1. The summed E-state index contributed by atoms with van der Waals surface area (Å²) < 4.78 is 29.4. The molecule has 2 aromatic rings. The van der Waals surface area contributed by atoms with Crippen LogP contribution in [0.2, 0.25) is 0 Å². The molecule has 8 heteroatoms. The molecule has 0 aliphatic carbocycles. The van der Waals surface area contributed by atoms with Crippen molar-refractivity contribution in [2.24, 2.45) is 0 Å². The summed E-state index contributed by atoms with van der Waals surface area (Å²) in [6.45, 7) is 1.67. The van der Waals surface area contributed by atoms with Crippen LogP contribution in [0.25, 0.3) is 5.76 Å². The zero-order valence-corrected chi connectivity index (χ0v) is 17.1. The number of carbonyl (C=O) groups is 2. The first-order valence-corrected chi connectivity index (χ1v) is 9.12. The third kappa shape index (κ3) is 3.80. The maximum atomic E-state index is 14.1. The topological polar surface area (TPSA) is 85.3 Å². The number of aryl methyl sites for hydroxylation is 1. The molecule has 0 aromatic heterocycles. The van der Waals surface area contributed by atoms with Gasteiger partial charge in [-0.15, -0.1) is 0 Å². The van der Waals surface area contributed by atoms with Crippen LogP contribution in [0.4, 0.5) is 10.1 Å². The van der Waals surface area contributed by atoms with Crippen molar-refractivity contribution < 1.29 is 33.3 Å². The van der Waals surface area contributed by atoms with Gasteiger partial charge in [-0.3, -0.25) is 4.79 Å². The van der Waals surface area contributed by atoms with Gasteiger partial charge in [-0.1, -0.05) is 12.1 Å². The van der Waals surface area contributed by atoms with E-state index in [2.05, 4.69) is 0 Å². The first-order valence-electron chi connectivity index (χ1n) is 9.12. The summed E-state index contributed by atoms with van der Waals surface area (Å²) in [6.07, 6.45) is -0.383. The molecular formula is C22H22FNO6. The lowest BCUT2D eigenvalue weighted by Crippen LogP contribution is -2.30. The van der Waals surface area contributed by atoms with E-state index >= 15 is 0 Å². The fourth-order valence-electron chi connectivity index (χ4n) is 3.29. The predicted molar refractivity (Wildman–Crippen MR) is 108 cm³/mol. The minimum absolute atomic E-state index is 0.0280. The van der Waals surface area contributed by atoms with Crippen molar-refractivity contribution in [3.8, 4) is 11.5 Å². The molecular weight excluding hydrogens is 393 g/mol. The maximum absolute atomic E-state index is 14.1. The number of ether oxygens (including phenoxy) is 3. The van der Waals surface area contributed by atoms with Gasteiger partial charge in [-0.2, -0.15) is 0 Å². The van der Waals surface area contributed by atoms with Crippen molar-refractivity contribution in [3.05, 3.63) is 58.4 Å². The molecule has 1 heterocycles. The zero-order chi connectivity index (χ0) is 22.0. The van der Waals surface area contributed by atoms with E-state index in [9.17, 15) is 19.1 Å². The minimum Gasteiger partial charge on any atom is -0.507 e. The quantitative estimate of drug-likeness (QED) is 0.752. The lowest BCUT2D eigenvalue weighted by molar-refractivity contribution is -0.137. The summed E-state index contributed by atoms with van der Waals surface area (Å²) in [5, 5.41) is 10.8. The van der Waals surface area contributed by atoms with Gasteiger partial charge in [0.05, 0.1) is 45.6 Å². The molecule has 1 aliphatic heterocycles. The van der Waals surface area contributed by atoms with Crippen LogP contribution in [-0.2, 0) is 20.9 Å². The van der Waals surface area contributed by atoms with E-state index in [0.717, 1.165) is 0 Å². The maximum Gasteiger partial charge on any atom is 0.338 e. The number of nitrogens with zero attached hydrogens (tertiary/aromatic N) is 1. The van der Waals surface area contributed by atoms with Gasteiger partial charge in [-0.25, -0.2) is 9.18 Å². The number of benzene rings is 2. The normalized spacial score (nSPS) is 13.6. The zero-order valence-electron chi connectivity index (χ0n) is 17.1. The number of halogens is 1. The molecule has 0 saturated carbocycles. The van der Waals surface area contributed by atoms with Gasteiger partial charge in [0.25, 0.3) is 0 Å². The smallest absolute Gasteiger partial charge is 0.338 e. The number of hydrogen-bond acceptors (Lipinski definition) is 6. The number of amides is 1. The molecule has 0 spiro atoms. The molecule has 2 aromatic carbocycles. The van der Waals surface area contributed by atoms with Gasteiger partial charge in [0.15, 0.2) is 11.5 Å². The predicted octanol–water partition coefficient (Wildman–Crippen LogP) is 3.53. The molecule has 1 aliphatic rings. The average molecular weight is 415 g/mol. The fourth-order valence-corrected chi connectivity index (χ4v) is 3.29. The van der Waals surface area contributed by atoms with Gasteiger partial charge < -0.3 is 24.2 Å². The molecule has 0 saturated heterocycles. The van der Waals surface area contributed by atoms with Gasteiger partial charge in [-0.05, 0) is 30.2 Å². The molecule has 30 heavy (non-hydrogen) atoms. The first kappa shape index (κ1) is 21.2. The van der Waals surface area contributed by atoms with Crippen molar-refractivity contribution in [1.29, 1.82) is 0 Å². The third-order valence-corrected chi connectivity index (χ3v) is 4.97. The molecule has 0 fully saturated rings. The van der Waals surface area contributed by atoms with Crippen molar-refractivity contribution in [2.45, 2.75) is 19.9 Å². The van der Waals surface area contributed by atoms with E-state index in [1.165, 1.54) is 44.4 Å². The number of aliphatic hydroxyl groups excluding tert-OH is 1. The Morgan fingerprint density at radius 1 is 1.13 bits per heavy atom. The Balaban J connectivity index is 2.19. The van der Waals surface area contributed by atoms with Crippen molar-refractivity contribution >= 4 is 23.3 Å². The molecule has 0 bridgehead atoms. The summed E-state index contributed by atoms with van der Waals surface area (Å²) >= 11 is 0. The highest BCUT2D eigenvalue weighted by Crippen LogP contribution is 2.41. The van der Waals surface area contributed by atoms with E-state index in [0.29, 0.717) is 28.3 Å². The van der Waals surface area contributed by atoms with Gasteiger partial charge in [0.1, 0.15) is 11.6 Å². The Bertz CT molecular complexity index is 1050. The van der Waals surface area contributed by atoms with E-state index in [4.69, 9.17) is 14.2 Å². The van der Waals surface area contributed by atoms with Crippen LogP contribution in [0.15, 0.2) is 35.9 Å². The lowest BCUT2D eigenvalue weighted by Gasteiger charge is -2.24. The van der Waals surface area contributed by atoms with E-state index in [1.807, 2.05) is 0 Å². The Kier molecular flexibility index (Phi) is 5.96. The molecule has 0 atom stereocenters. The number of aliphatic hydroxyl groups is 1. The summed E-state index contributed by atoms with van der Waals surface area (Å²) in [7, 11) is 4.04. The Labute approximate surface area is 173 Å². The second-order valence-corrected chi connectivity index (χ2v) is 6.78. The highest BCUT2D eigenvalue weighted by molar-refractivity contribution is 6.09. The standard InChI is InChI=1S/C22H22FNO6/c1-12-5-6-13(7-16(12)23)11-24-17-10-19(29-3)18(28-2)8-14(17)21(26)15(9-20(24)25)22(27)30-4/h5-8,10,26H,9,11H2,1-4H3. The number of methoxy groups -OCH3 is 3. The number of rotatable bonds is 5. The molecule has 1 amide bonds. The summed E-state index contributed by atoms with van der Waals surface area (Å²) in [4.78, 5) is 26.6. The van der Waals surface area contributed by atoms with Crippen LogP contribution in [-0.4, -0.2) is 38.3 Å². The summed E-state index contributed by atoms with van der Waals surface area (Å²) in [5.41, 5.74) is 1.36. The average Bonchev–Trinajstić information content (AvgIpc) is 2.84. The minimum atomic E-state index is -0.815. The first-order chi connectivity index (χ1) is 14.3. The molecule has 7 nitrogen and oxygen atoms in total. The Morgan fingerprint density at radius 2 is 1.80 bits per heavy atom. The highest BCUT2D eigenvalue weighted by Gasteiger charge is 2.32. The largest absolute Gasteiger partial charge is 0.507 e.